The predicted octanol–water partition coefficient (Wildman–Crippen LogP) is 3.58. The highest BCUT2D eigenvalue weighted by Crippen LogP contribution is 2.25. The third-order valence-corrected chi connectivity index (χ3v) is 3.44. The molecule has 0 bridgehead atoms. The lowest BCUT2D eigenvalue weighted by Crippen LogP contribution is -2.20. The lowest BCUT2D eigenvalue weighted by molar-refractivity contribution is -0.118. The van der Waals surface area contributed by atoms with E-state index in [2.05, 4.69) is 26.4 Å². The Bertz CT molecular complexity index is 702. The third-order valence-electron chi connectivity index (χ3n) is 2.82. The maximum absolute atomic E-state index is 11.9. The van der Waals surface area contributed by atoms with Gasteiger partial charge in [0.15, 0.2) is 6.61 Å². The fourth-order valence-corrected chi connectivity index (χ4v) is 2.36. The number of benzene rings is 2. The number of anilines is 1. The van der Waals surface area contributed by atoms with Crippen LogP contribution in [0.3, 0.4) is 0 Å². The second-order valence-corrected chi connectivity index (χ2v) is 5.50. The van der Waals surface area contributed by atoms with E-state index < -0.39 is 0 Å². The minimum Gasteiger partial charge on any atom is -0.483 e. The Morgan fingerprint density at radius 1 is 1.36 bits per heavy atom. The van der Waals surface area contributed by atoms with E-state index >= 15 is 0 Å². The van der Waals surface area contributed by atoms with Crippen molar-refractivity contribution in [3.05, 3.63) is 58.1 Å². The topological polar surface area (TPSA) is 70.9 Å². The molecule has 114 valence electrons. The van der Waals surface area contributed by atoms with Gasteiger partial charge in [-0.25, -0.2) is 0 Å². The number of carbonyl (C=O) groups excluding carboxylic acids is 1. The summed E-state index contributed by atoms with van der Waals surface area (Å²) in [5.74, 6) is 0.299. The Kier molecular flexibility index (Phi) is 5.55. The maximum atomic E-state index is 11.9. The molecule has 1 amide bonds. The molecule has 0 saturated heterocycles. The number of hydrogen-bond acceptors (Lipinski definition) is 4. The van der Waals surface area contributed by atoms with E-state index in [0.29, 0.717) is 15.8 Å². The monoisotopic (exact) mass is 362 g/mol. The van der Waals surface area contributed by atoms with Gasteiger partial charge in [0.2, 0.25) is 0 Å². The molecule has 0 aliphatic heterocycles. The van der Waals surface area contributed by atoms with Crippen LogP contribution in [0.1, 0.15) is 11.1 Å². The molecule has 2 rings (SSSR count). The Labute approximate surface area is 136 Å². The van der Waals surface area contributed by atoms with E-state index in [1.807, 2.05) is 31.2 Å². The number of ether oxygens (including phenoxy) is 1. The van der Waals surface area contributed by atoms with Crippen LogP contribution in [0.25, 0.3) is 0 Å². The number of oxime groups is 1. The predicted molar refractivity (Wildman–Crippen MR) is 88.8 cm³/mol. The van der Waals surface area contributed by atoms with Crippen molar-refractivity contribution in [1.29, 1.82) is 0 Å². The fourth-order valence-electron chi connectivity index (χ4n) is 1.84. The van der Waals surface area contributed by atoms with Gasteiger partial charge in [0.05, 0.1) is 10.7 Å². The van der Waals surface area contributed by atoms with Crippen LogP contribution < -0.4 is 10.1 Å². The largest absolute Gasteiger partial charge is 0.483 e. The van der Waals surface area contributed by atoms with Gasteiger partial charge in [-0.3, -0.25) is 4.79 Å². The van der Waals surface area contributed by atoms with Gasteiger partial charge in [-0.05, 0) is 64.3 Å². The lowest BCUT2D eigenvalue weighted by atomic mass is 10.2. The molecule has 0 aliphatic rings. The Balaban J connectivity index is 1.93. The van der Waals surface area contributed by atoms with Crippen molar-refractivity contribution < 1.29 is 14.7 Å². The summed E-state index contributed by atoms with van der Waals surface area (Å²) in [6.45, 7) is 1.86. The van der Waals surface area contributed by atoms with Crippen LogP contribution >= 0.6 is 15.9 Å². The number of amides is 1. The molecule has 0 unspecified atom stereocenters. The van der Waals surface area contributed by atoms with E-state index in [9.17, 15) is 4.79 Å². The highest BCUT2D eigenvalue weighted by molar-refractivity contribution is 9.10. The summed E-state index contributed by atoms with van der Waals surface area (Å²) in [5.41, 5.74) is 2.52. The first kappa shape index (κ1) is 16.0. The molecule has 0 aromatic heterocycles. The maximum Gasteiger partial charge on any atom is 0.262 e. The van der Waals surface area contributed by atoms with Gasteiger partial charge >= 0.3 is 0 Å². The third kappa shape index (κ3) is 4.60. The molecule has 5 nitrogen and oxygen atoms in total. The van der Waals surface area contributed by atoms with Crippen molar-refractivity contribution in [3.8, 4) is 5.75 Å². The molecule has 0 atom stereocenters. The lowest BCUT2D eigenvalue weighted by Gasteiger charge is -2.09. The molecule has 0 spiro atoms. The first-order valence-corrected chi connectivity index (χ1v) is 7.34. The molecule has 22 heavy (non-hydrogen) atoms. The van der Waals surface area contributed by atoms with Crippen LogP contribution in [0.15, 0.2) is 52.1 Å². The second kappa shape index (κ2) is 7.61. The molecule has 0 heterocycles. The van der Waals surface area contributed by atoms with Crippen LogP contribution in [0.4, 0.5) is 5.69 Å². The SMILES string of the molecule is Cc1cccc(NC(=O)COc2ccc(/C=N\O)cc2Br)c1. The molecule has 0 fully saturated rings. The van der Waals surface area contributed by atoms with Crippen molar-refractivity contribution in [3.63, 3.8) is 0 Å². The number of rotatable bonds is 5. The van der Waals surface area contributed by atoms with Gasteiger partial charge in [0, 0.05) is 5.69 Å². The highest BCUT2D eigenvalue weighted by atomic mass is 79.9. The smallest absolute Gasteiger partial charge is 0.262 e. The summed E-state index contributed by atoms with van der Waals surface area (Å²) >= 11 is 3.34. The fraction of sp³-hybridized carbons (Fsp3) is 0.125. The number of nitrogens with one attached hydrogen (secondary N) is 1. The minimum atomic E-state index is -0.238. The van der Waals surface area contributed by atoms with Crippen molar-refractivity contribution in [2.45, 2.75) is 6.92 Å². The number of nitrogens with zero attached hydrogens (tertiary/aromatic N) is 1. The number of aryl methyl sites for hydroxylation is 1. The molecule has 2 aromatic carbocycles. The van der Waals surface area contributed by atoms with E-state index in [1.165, 1.54) is 6.21 Å². The van der Waals surface area contributed by atoms with Crippen molar-refractivity contribution in [1.82, 2.24) is 0 Å². The molecule has 0 saturated carbocycles. The Morgan fingerprint density at radius 3 is 2.86 bits per heavy atom. The first-order valence-electron chi connectivity index (χ1n) is 6.55. The van der Waals surface area contributed by atoms with Crippen LogP contribution in [-0.2, 0) is 4.79 Å². The standard InChI is InChI=1S/C16H15BrN2O3/c1-11-3-2-4-13(7-11)19-16(20)10-22-15-6-5-12(9-18-21)8-14(15)17/h2-9,21H,10H2,1H3,(H,19,20)/b18-9-. The van der Waals surface area contributed by atoms with Crippen LogP contribution in [0, 0.1) is 6.92 Å². The average Bonchev–Trinajstić information content (AvgIpc) is 2.47. The van der Waals surface area contributed by atoms with E-state index in [0.717, 1.165) is 11.3 Å². The van der Waals surface area contributed by atoms with Gasteiger partial charge < -0.3 is 15.3 Å². The molecule has 2 aromatic rings. The molecule has 6 heteroatoms. The quantitative estimate of drug-likeness (QED) is 0.485. The van der Waals surface area contributed by atoms with Gasteiger partial charge in [-0.1, -0.05) is 17.3 Å². The molecule has 0 aliphatic carbocycles. The van der Waals surface area contributed by atoms with Gasteiger partial charge in [0.25, 0.3) is 5.91 Å². The summed E-state index contributed by atoms with van der Waals surface area (Å²) in [6.07, 6.45) is 1.30. The first-order chi connectivity index (χ1) is 10.6. The molecule has 2 N–H and O–H groups in total. The highest BCUT2D eigenvalue weighted by Gasteiger charge is 2.07. The van der Waals surface area contributed by atoms with Crippen LogP contribution in [0.5, 0.6) is 5.75 Å². The van der Waals surface area contributed by atoms with E-state index in [4.69, 9.17) is 9.94 Å². The normalized spacial score (nSPS) is 10.6. The number of carbonyl (C=O) groups is 1. The van der Waals surface area contributed by atoms with Crippen molar-refractivity contribution in [2.24, 2.45) is 5.16 Å². The van der Waals surface area contributed by atoms with Gasteiger partial charge in [-0.2, -0.15) is 0 Å². The zero-order chi connectivity index (χ0) is 15.9. The van der Waals surface area contributed by atoms with Gasteiger partial charge in [0.1, 0.15) is 5.75 Å². The zero-order valence-corrected chi connectivity index (χ0v) is 13.5. The summed E-state index contributed by atoms with van der Waals surface area (Å²) in [4.78, 5) is 11.9. The minimum absolute atomic E-state index is 0.0972. The average molecular weight is 363 g/mol. The van der Waals surface area contributed by atoms with Gasteiger partial charge in [-0.15, -0.1) is 0 Å². The van der Waals surface area contributed by atoms with Crippen molar-refractivity contribution in [2.75, 3.05) is 11.9 Å². The summed E-state index contributed by atoms with van der Waals surface area (Å²) in [7, 11) is 0. The number of hydrogen-bond donors (Lipinski definition) is 2. The zero-order valence-electron chi connectivity index (χ0n) is 11.9. The molecular formula is C16H15BrN2O3. The molecule has 0 radical (unpaired) electrons. The summed E-state index contributed by atoms with van der Waals surface area (Å²) in [6, 6.07) is 12.7. The van der Waals surface area contributed by atoms with E-state index in [-0.39, 0.29) is 12.5 Å². The van der Waals surface area contributed by atoms with Crippen LogP contribution in [0.2, 0.25) is 0 Å². The van der Waals surface area contributed by atoms with Crippen LogP contribution in [-0.4, -0.2) is 23.9 Å². The second-order valence-electron chi connectivity index (χ2n) is 4.64. The summed E-state index contributed by atoms with van der Waals surface area (Å²) in [5, 5.41) is 14.2. The Morgan fingerprint density at radius 2 is 2.18 bits per heavy atom. The number of halogens is 1. The molecular weight excluding hydrogens is 348 g/mol. The Hall–Kier alpha value is -2.34. The van der Waals surface area contributed by atoms with Crippen molar-refractivity contribution >= 4 is 33.7 Å². The summed E-state index contributed by atoms with van der Waals surface area (Å²) < 4.78 is 6.14. The van der Waals surface area contributed by atoms with E-state index in [1.54, 1.807) is 18.2 Å².